The quantitative estimate of drug-likeness (QED) is 0.800. The van der Waals surface area contributed by atoms with Crippen LogP contribution in [-0.2, 0) is 0 Å². The Balaban J connectivity index is 0.00000243. The van der Waals surface area contributed by atoms with E-state index in [9.17, 15) is 4.79 Å². The molecule has 0 saturated carbocycles. The van der Waals surface area contributed by atoms with Crippen LogP contribution in [0.1, 0.15) is 43.4 Å². The topological polar surface area (TPSA) is 49.3 Å². The van der Waals surface area contributed by atoms with E-state index < -0.39 is 0 Å². The molecule has 134 valence electrons. The highest BCUT2D eigenvalue weighted by Gasteiger charge is 2.19. The van der Waals surface area contributed by atoms with Crippen LogP contribution in [0.15, 0.2) is 36.5 Å². The van der Waals surface area contributed by atoms with E-state index in [2.05, 4.69) is 33.6 Å². The van der Waals surface area contributed by atoms with Gasteiger partial charge in [0.05, 0.1) is 0 Å². The number of carbonyl (C=O) groups excluding carboxylic acids is 1. The minimum atomic E-state index is -0.0638. The van der Waals surface area contributed by atoms with Crippen molar-refractivity contribution in [3.05, 3.63) is 53.5 Å². The van der Waals surface area contributed by atoms with Crippen molar-refractivity contribution in [2.75, 3.05) is 31.1 Å². The predicted octanol–water partition coefficient (Wildman–Crippen LogP) is 3.18. The zero-order chi connectivity index (χ0) is 17.8. The smallest absolute Gasteiger partial charge is 0.213 e. The Bertz CT molecular complexity index is 750. The van der Waals surface area contributed by atoms with E-state index in [1.165, 1.54) is 0 Å². The Morgan fingerprint density at radius 2 is 1.96 bits per heavy atom. The van der Waals surface area contributed by atoms with Crippen LogP contribution in [0.25, 0.3) is 0 Å². The molecule has 5 heteroatoms. The number of hydrogen-bond acceptors (Lipinski definition) is 5. The number of pyridine rings is 2. The summed E-state index contributed by atoms with van der Waals surface area (Å²) in [4.78, 5) is 26.4. The van der Waals surface area contributed by atoms with Crippen LogP contribution >= 0.6 is 0 Å². The summed E-state index contributed by atoms with van der Waals surface area (Å²) >= 11 is 0. The molecular formula is C20H28N4O. The maximum Gasteiger partial charge on any atom is 0.213 e. The third-order valence-electron chi connectivity index (χ3n) is 4.80. The number of rotatable bonds is 4. The molecule has 1 aliphatic heterocycles. The largest absolute Gasteiger partial charge is 0.355 e. The maximum absolute atomic E-state index is 12.8. The van der Waals surface area contributed by atoms with Crippen molar-refractivity contribution >= 4 is 11.6 Å². The monoisotopic (exact) mass is 340 g/mol. The molecule has 5 nitrogen and oxygen atoms in total. The van der Waals surface area contributed by atoms with E-state index in [0.29, 0.717) is 17.3 Å². The Morgan fingerprint density at radius 1 is 1.12 bits per heavy atom. The molecule has 1 fully saturated rings. The lowest BCUT2D eigenvalue weighted by molar-refractivity contribution is 0.103. The fourth-order valence-corrected chi connectivity index (χ4v) is 3.27. The summed E-state index contributed by atoms with van der Waals surface area (Å²) in [5, 5.41) is 0. The second-order valence-electron chi connectivity index (χ2n) is 6.82. The summed E-state index contributed by atoms with van der Waals surface area (Å²) in [6.07, 6.45) is 2.81. The van der Waals surface area contributed by atoms with Gasteiger partial charge in [-0.25, -0.2) is 4.98 Å². The number of hydrogen-bond donors (Lipinski definition) is 0. The first-order valence-electron chi connectivity index (χ1n) is 8.98. The van der Waals surface area contributed by atoms with Gasteiger partial charge in [-0.1, -0.05) is 6.07 Å². The van der Waals surface area contributed by atoms with Gasteiger partial charge in [-0.05, 0) is 51.5 Å². The van der Waals surface area contributed by atoms with Gasteiger partial charge >= 0.3 is 0 Å². The summed E-state index contributed by atoms with van der Waals surface area (Å²) in [5.74, 6) is 0.823. The molecule has 0 aromatic carbocycles. The first-order valence-corrected chi connectivity index (χ1v) is 8.98. The summed E-state index contributed by atoms with van der Waals surface area (Å²) in [5.41, 5.74) is 1.84. The van der Waals surface area contributed by atoms with Crippen LogP contribution < -0.4 is 4.90 Å². The van der Waals surface area contributed by atoms with E-state index in [0.717, 1.165) is 44.1 Å². The molecule has 0 atom stereocenters. The molecule has 1 saturated heterocycles. The molecule has 0 radical (unpaired) electrons. The van der Waals surface area contributed by atoms with E-state index in [4.69, 9.17) is 0 Å². The van der Waals surface area contributed by atoms with Crippen LogP contribution in [0.4, 0.5) is 5.82 Å². The lowest BCUT2D eigenvalue weighted by Gasteiger charge is -2.25. The van der Waals surface area contributed by atoms with Crippen LogP contribution in [0, 0.1) is 6.92 Å². The van der Waals surface area contributed by atoms with Crippen molar-refractivity contribution in [1.82, 2.24) is 14.9 Å². The van der Waals surface area contributed by atoms with Gasteiger partial charge in [-0.3, -0.25) is 14.7 Å². The number of aromatic nitrogens is 2. The Morgan fingerprint density at radius 3 is 2.72 bits per heavy atom. The van der Waals surface area contributed by atoms with Crippen LogP contribution in [0.2, 0.25) is 0 Å². The molecule has 0 aliphatic carbocycles. The summed E-state index contributed by atoms with van der Waals surface area (Å²) in [6, 6.07) is 9.88. The molecule has 1 aliphatic rings. The standard InChI is InChI=1S/C20H26N4O.H2/c1-15(2)23-11-6-12-24(14-13-23)19-9-4-8-18(22-19)20(25)17-7-5-10-21-16(17)3;/h4-5,7-10,15H,6,11-14H2,1-3H3;1H. The van der Waals surface area contributed by atoms with Crippen LogP contribution in [-0.4, -0.2) is 52.9 Å². The number of ketones is 1. The molecule has 0 bridgehead atoms. The van der Waals surface area contributed by atoms with Gasteiger partial charge in [0.15, 0.2) is 0 Å². The highest BCUT2D eigenvalue weighted by molar-refractivity contribution is 6.08. The SMILES string of the molecule is Cc1ncccc1C(=O)c1cccc(N2CCCN(C(C)C)CC2)n1.[HH]. The Hall–Kier alpha value is -2.27. The number of nitrogens with zero attached hydrogens (tertiary/aromatic N) is 4. The summed E-state index contributed by atoms with van der Waals surface area (Å²) in [6.45, 7) is 10.4. The summed E-state index contributed by atoms with van der Waals surface area (Å²) in [7, 11) is 0. The van der Waals surface area contributed by atoms with Gasteiger partial charge in [-0.15, -0.1) is 0 Å². The third kappa shape index (κ3) is 4.04. The molecule has 0 spiro atoms. The first kappa shape index (κ1) is 17.5. The van der Waals surface area contributed by atoms with Gasteiger partial charge < -0.3 is 4.90 Å². The minimum absolute atomic E-state index is 0. The van der Waals surface area contributed by atoms with Crippen molar-refractivity contribution in [1.29, 1.82) is 0 Å². The van der Waals surface area contributed by atoms with Crippen molar-refractivity contribution in [2.24, 2.45) is 0 Å². The second kappa shape index (κ2) is 7.74. The van der Waals surface area contributed by atoms with E-state index in [-0.39, 0.29) is 7.21 Å². The fraction of sp³-hybridized carbons (Fsp3) is 0.450. The molecule has 2 aromatic heterocycles. The van der Waals surface area contributed by atoms with Crippen LogP contribution in [0.3, 0.4) is 0 Å². The number of anilines is 1. The Kier molecular flexibility index (Phi) is 5.43. The highest BCUT2D eigenvalue weighted by atomic mass is 16.1. The van der Waals surface area contributed by atoms with Crippen molar-refractivity contribution < 1.29 is 6.22 Å². The van der Waals surface area contributed by atoms with E-state index in [1.54, 1.807) is 18.3 Å². The molecule has 0 unspecified atom stereocenters. The first-order chi connectivity index (χ1) is 12.1. The highest BCUT2D eigenvalue weighted by Crippen LogP contribution is 2.18. The van der Waals surface area contributed by atoms with Gasteiger partial charge in [0.1, 0.15) is 11.5 Å². The van der Waals surface area contributed by atoms with E-state index in [1.807, 2.05) is 25.1 Å². The maximum atomic E-state index is 12.8. The molecule has 0 amide bonds. The zero-order valence-corrected chi connectivity index (χ0v) is 15.3. The number of aryl methyl sites for hydroxylation is 1. The van der Waals surface area contributed by atoms with Gasteiger partial charge in [0, 0.05) is 51.1 Å². The molecule has 25 heavy (non-hydrogen) atoms. The minimum Gasteiger partial charge on any atom is -0.355 e. The Labute approximate surface area is 151 Å². The zero-order valence-electron chi connectivity index (χ0n) is 15.3. The van der Waals surface area contributed by atoms with Crippen molar-refractivity contribution in [3.63, 3.8) is 0 Å². The predicted molar refractivity (Wildman–Crippen MR) is 102 cm³/mol. The molecule has 3 rings (SSSR count). The molecule has 2 aromatic rings. The summed E-state index contributed by atoms with van der Waals surface area (Å²) < 4.78 is 0. The van der Waals surface area contributed by atoms with Crippen molar-refractivity contribution in [2.45, 2.75) is 33.2 Å². The second-order valence-corrected chi connectivity index (χ2v) is 6.82. The molecule has 3 heterocycles. The van der Waals surface area contributed by atoms with E-state index >= 15 is 0 Å². The fourth-order valence-electron chi connectivity index (χ4n) is 3.27. The average molecular weight is 340 g/mol. The number of carbonyl (C=O) groups is 1. The lowest BCUT2D eigenvalue weighted by Crippen LogP contribution is -2.35. The third-order valence-corrected chi connectivity index (χ3v) is 4.80. The van der Waals surface area contributed by atoms with Crippen LogP contribution in [0.5, 0.6) is 0 Å². The normalized spacial score (nSPS) is 16.1. The molecular weight excluding hydrogens is 312 g/mol. The lowest BCUT2D eigenvalue weighted by atomic mass is 10.1. The van der Waals surface area contributed by atoms with Gasteiger partial charge in [-0.2, -0.15) is 0 Å². The molecule has 0 N–H and O–H groups in total. The average Bonchev–Trinajstić information content (AvgIpc) is 2.88. The van der Waals surface area contributed by atoms with Gasteiger partial charge in [0.2, 0.25) is 5.78 Å². The van der Waals surface area contributed by atoms with Gasteiger partial charge in [0.25, 0.3) is 0 Å². The van der Waals surface area contributed by atoms with Crippen molar-refractivity contribution in [3.8, 4) is 0 Å².